The first-order chi connectivity index (χ1) is 16.9. The van der Waals surface area contributed by atoms with Crippen molar-refractivity contribution < 1.29 is 38.3 Å². The monoisotopic (exact) mass is 524 g/mol. The van der Waals surface area contributed by atoms with Gasteiger partial charge in [0.15, 0.2) is 12.6 Å². The second-order valence-electron chi connectivity index (χ2n) is 11.0. The van der Waals surface area contributed by atoms with Gasteiger partial charge in [-0.3, -0.25) is 0 Å². The fourth-order valence-corrected chi connectivity index (χ4v) is 4.66. The van der Waals surface area contributed by atoms with Gasteiger partial charge in [0.2, 0.25) is 0 Å². The molecule has 1 aliphatic heterocycles. The van der Waals surface area contributed by atoms with Crippen LogP contribution in [0.25, 0.3) is 6.08 Å². The molecule has 0 amide bonds. The molecule has 0 radical (unpaired) electrons. The molecule has 0 saturated carbocycles. The van der Waals surface area contributed by atoms with Crippen LogP contribution >= 0.6 is 0 Å². The van der Waals surface area contributed by atoms with E-state index in [1.165, 1.54) is 7.11 Å². The first-order valence-electron chi connectivity index (χ1n) is 12.5. The van der Waals surface area contributed by atoms with Crippen LogP contribution in [0.4, 0.5) is 0 Å². The molecule has 1 fully saturated rings. The van der Waals surface area contributed by atoms with Crippen LogP contribution in [-0.4, -0.2) is 71.4 Å². The highest BCUT2D eigenvalue weighted by Gasteiger charge is 2.40. The molecule has 0 spiro atoms. The van der Waals surface area contributed by atoms with Gasteiger partial charge in [-0.05, 0) is 50.3 Å². The number of esters is 1. The summed E-state index contributed by atoms with van der Waals surface area (Å²) in [5.41, 5.74) is 0.950. The summed E-state index contributed by atoms with van der Waals surface area (Å²) in [5, 5.41) is 9.48. The predicted octanol–water partition coefficient (Wildman–Crippen LogP) is 5.11. The average Bonchev–Trinajstić information content (AvgIpc) is 3.08. The quantitative estimate of drug-likeness (QED) is 0.204. The van der Waals surface area contributed by atoms with E-state index in [0.29, 0.717) is 42.1 Å². The molecule has 1 heterocycles. The molecule has 3 unspecified atom stereocenters. The second kappa shape index (κ2) is 13.6. The lowest BCUT2D eigenvalue weighted by atomic mass is 9.98. The minimum Gasteiger partial charge on any atom is -0.497 e. The summed E-state index contributed by atoms with van der Waals surface area (Å²) in [6, 6.07) is 4.32. The standard InChI is InChI=1S/C27H44O8Si/c1-19(17-28)14-23-22(34-27(2,3)35-23)11-9-10-20-15-21(31-5)16-24(33-18-30-4)25(20)26(29)32-12-13-36(6,7)8/h9-10,15-16,19,22-23,28H,11-14,17-18H2,1-8H3/b10-9+. The highest BCUT2D eigenvalue weighted by molar-refractivity contribution is 6.76. The molecule has 1 N–H and O–H groups in total. The van der Waals surface area contributed by atoms with E-state index in [0.717, 1.165) is 6.04 Å². The van der Waals surface area contributed by atoms with E-state index in [-0.39, 0.29) is 31.5 Å². The Morgan fingerprint density at radius 1 is 1.19 bits per heavy atom. The third-order valence-electron chi connectivity index (χ3n) is 5.86. The summed E-state index contributed by atoms with van der Waals surface area (Å²) in [6.45, 7) is 12.9. The van der Waals surface area contributed by atoms with Crippen molar-refractivity contribution in [3.8, 4) is 11.5 Å². The summed E-state index contributed by atoms with van der Waals surface area (Å²) >= 11 is 0. The summed E-state index contributed by atoms with van der Waals surface area (Å²) < 4.78 is 34.1. The van der Waals surface area contributed by atoms with E-state index in [9.17, 15) is 9.90 Å². The van der Waals surface area contributed by atoms with Crippen LogP contribution in [0.15, 0.2) is 18.2 Å². The first-order valence-corrected chi connectivity index (χ1v) is 16.2. The van der Waals surface area contributed by atoms with Crippen LogP contribution in [0.5, 0.6) is 11.5 Å². The first kappa shape index (κ1) is 30.3. The van der Waals surface area contributed by atoms with Gasteiger partial charge in [-0.25, -0.2) is 4.79 Å². The number of hydrogen-bond donors (Lipinski definition) is 1. The van der Waals surface area contributed by atoms with Crippen LogP contribution in [0.2, 0.25) is 25.7 Å². The maximum atomic E-state index is 13.2. The summed E-state index contributed by atoms with van der Waals surface area (Å²) in [5.74, 6) is -0.144. The van der Waals surface area contributed by atoms with Gasteiger partial charge in [-0.1, -0.05) is 38.7 Å². The zero-order chi connectivity index (χ0) is 26.9. The fraction of sp³-hybridized carbons (Fsp3) is 0.667. The third-order valence-corrected chi connectivity index (χ3v) is 7.56. The number of methoxy groups -OCH3 is 2. The Kier molecular flexibility index (Phi) is 11.4. The van der Waals surface area contributed by atoms with E-state index in [1.54, 1.807) is 19.2 Å². The van der Waals surface area contributed by atoms with Crippen LogP contribution in [0.1, 0.15) is 49.5 Å². The van der Waals surface area contributed by atoms with E-state index in [1.807, 2.05) is 32.9 Å². The van der Waals surface area contributed by atoms with Gasteiger partial charge >= 0.3 is 5.97 Å². The van der Waals surface area contributed by atoms with Gasteiger partial charge in [0.25, 0.3) is 0 Å². The molecule has 2 rings (SSSR count). The molecule has 1 aliphatic rings. The van der Waals surface area contributed by atoms with Gasteiger partial charge in [0.1, 0.15) is 17.1 Å². The Balaban J connectivity index is 2.30. The molecule has 36 heavy (non-hydrogen) atoms. The molecule has 0 aromatic heterocycles. The number of carbonyl (C=O) groups excluding carboxylic acids is 1. The largest absolute Gasteiger partial charge is 0.497 e. The van der Waals surface area contributed by atoms with Crippen molar-refractivity contribution in [1.29, 1.82) is 0 Å². The van der Waals surface area contributed by atoms with Crippen molar-refractivity contribution in [3.05, 3.63) is 29.3 Å². The van der Waals surface area contributed by atoms with Crippen LogP contribution < -0.4 is 9.47 Å². The second-order valence-corrected chi connectivity index (χ2v) is 16.6. The maximum absolute atomic E-state index is 13.2. The van der Waals surface area contributed by atoms with Crippen LogP contribution in [0, 0.1) is 5.92 Å². The smallest absolute Gasteiger partial charge is 0.342 e. The van der Waals surface area contributed by atoms with Gasteiger partial charge in [-0.2, -0.15) is 0 Å². The number of hydrogen-bond acceptors (Lipinski definition) is 8. The highest BCUT2D eigenvalue weighted by atomic mass is 28.3. The normalized spacial score (nSPS) is 20.5. The number of carbonyl (C=O) groups is 1. The Bertz CT molecular complexity index is 877. The molecule has 1 saturated heterocycles. The summed E-state index contributed by atoms with van der Waals surface area (Å²) in [7, 11) is 1.72. The topological polar surface area (TPSA) is 92.7 Å². The SMILES string of the molecule is COCOc1cc(OC)cc(/C=C/CC2OC(C)(C)OC2CC(C)CO)c1C(=O)OCC[Si](C)(C)C. The number of benzene rings is 1. The Morgan fingerprint density at radius 2 is 1.89 bits per heavy atom. The molecular weight excluding hydrogens is 480 g/mol. The van der Waals surface area contributed by atoms with Crippen molar-refractivity contribution in [2.75, 3.05) is 34.2 Å². The Hall–Kier alpha value is -1.91. The summed E-state index contributed by atoms with van der Waals surface area (Å²) in [4.78, 5) is 13.2. The van der Waals surface area contributed by atoms with E-state index >= 15 is 0 Å². The van der Waals surface area contributed by atoms with E-state index in [4.69, 9.17) is 28.4 Å². The molecule has 1 aromatic rings. The van der Waals surface area contributed by atoms with Gasteiger partial charge in [0.05, 0.1) is 25.9 Å². The number of aliphatic hydroxyl groups is 1. The summed E-state index contributed by atoms with van der Waals surface area (Å²) in [6.07, 6.45) is 4.78. The van der Waals surface area contributed by atoms with Crippen LogP contribution in [-0.2, 0) is 18.9 Å². The maximum Gasteiger partial charge on any atom is 0.342 e. The molecule has 0 aliphatic carbocycles. The van der Waals surface area contributed by atoms with Gasteiger partial charge in [-0.15, -0.1) is 0 Å². The lowest BCUT2D eigenvalue weighted by Gasteiger charge is -2.19. The van der Waals surface area contributed by atoms with Crippen molar-refractivity contribution >= 4 is 20.1 Å². The van der Waals surface area contributed by atoms with Crippen molar-refractivity contribution in [2.45, 2.75) is 77.3 Å². The number of rotatable bonds is 14. The number of ether oxygens (including phenoxy) is 6. The highest BCUT2D eigenvalue weighted by Crippen LogP contribution is 2.35. The van der Waals surface area contributed by atoms with Crippen molar-refractivity contribution in [3.63, 3.8) is 0 Å². The van der Waals surface area contributed by atoms with Crippen molar-refractivity contribution in [2.24, 2.45) is 5.92 Å². The molecular formula is C27H44O8Si. The number of aliphatic hydroxyl groups excluding tert-OH is 1. The predicted molar refractivity (Wildman–Crippen MR) is 142 cm³/mol. The minimum absolute atomic E-state index is 0.0153. The molecule has 8 nitrogen and oxygen atoms in total. The Morgan fingerprint density at radius 3 is 2.50 bits per heavy atom. The average molecular weight is 525 g/mol. The Labute approximate surface area is 216 Å². The minimum atomic E-state index is -1.36. The van der Waals surface area contributed by atoms with Gasteiger partial charge < -0.3 is 33.5 Å². The molecule has 0 bridgehead atoms. The zero-order valence-electron chi connectivity index (χ0n) is 23.1. The van der Waals surface area contributed by atoms with E-state index in [2.05, 4.69) is 19.6 Å². The fourth-order valence-electron chi connectivity index (χ4n) is 3.95. The van der Waals surface area contributed by atoms with Crippen LogP contribution in [0.3, 0.4) is 0 Å². The third kappa shape index (κ3) is 9.52. The molecule has 204 valence electrons. The molecule has 3 atom stereocenters. The lowest BCUT2D eigenvalue weighted by Crippen LogP contribution is -2.25. The van der Waals surface area contributed by atoms with Gasteiger partial charge in [0, 0.05) is 27.9 Å². The zero-order valence-corrected chi connectivity index (χ0v) is 24.1. The molecule has 9 heteroatoms. The van der Waals surface area contributed by atoms with Crippen molar-refractivity contribution in [1.82, 2.24) is 0 Å². The van der Waals surface area contributed by atoms with E-state index < -0.39 is 19.8 Å². The lowest BCUT2D eigenvalue weighted by molar-refractivity contribution is -0.147. The molecule has 1 aromatic carbocycles.